The Bertz CT molecular complexity index is 644. The van der Waals surface area contributed by atoms with E-state index in [2.05, 4.69) is 10.4 Å². The number of aromatic nitrogens is 2. The summed E-state index contributed by atoms with van der Waals surface area (Å²) >= 11 is 0. The Morgan fingerprint density at radius 1 is 1.30 bits per heavy atom. The largest absolute Gasteiger partial charge is 0.485 e. The minimum absolute atomic E-state index is 0.0269. The fourth-order valence-electron chi connectivity index (χ4n) is 2.38. The molecule has 0 fully saturated rings. The summed E-state index contributed by atoms with van der Waals surface area (Å²) in [6.07, 6.45) is -2.51. The van der Waals surface area contributed by atoms with Gasteiger partial charge in [-0.25, -0.2) is 8.78 Å². The first-order valence-corrected chi connectivity index (χ1v) is 7.40. The van der Waals surface area contributed by atoms with Crippen molar-refractivity contribution in [3.05, 3.63) is 41.2 Å². The predicted molar refractivity (Wildman–Crippen MR) is 84.1 cm³/mol. The summed E-state index contributed by atoms with van der Waals surface area (Å²) < 4.78 is 31.5. The molecule has 0 unspecified atom stereocenters. The Balaban J connectivity index is 2.09. The molecule has 0 atom stereocenters. The SMILES string of the molecule is Cc1nn(CCO)c(C)c1CNc1ccccc1OCC(F)F. The first kappa shape index (κ1) is 17.2. The number of aliphatic hydroxyl groups is 1. The second-order valence-electron chi connectivity index (χ2n) is 5.15. The molecule has 1 aromatic carbocycles. The van der Waals surface area contributed by atoms with Crippen molar-refractivity contribution in [1.82, 2.24) is 9.78 Å². The number of halogens is 2. The molecule has 2 N–H and O–H groups in total. The fraction of sp³-hybridized carbons (Fsp3) is 0.438. The number of nitrogens with one attached hydrogen (secondary N) is 1. The molecule has 1 heterocycles. The molecule has 1 aromatic heterocycles. The smallest absolute Gasteiger partial charge is 0.272 e. The van der Waals surface area contributed by atoms with E-state index in [1.54, 1.807) is 22.9 Å². The molecule has 0 saturated heterocycles. The van der Waals surface area contributed by atoms with Crippen LogP contribution in [0.25, 0.3) is 0 Å². The van der Waals surface area contributed by atoms with Gasteiger partial charge in [-0.1, -0.05) is 12.1 Å². The van der Waals surface area contributed by atoms with Crippen molar-refractivity contribution in [1.29, 1.82) is 0 Å². The number of benzene rings is 1. The third kappa shape index (κ3) is 4.41. The van der Waals surface area contributed by atoms with Crippen molar-refractivity contribution in [2.45, 2.75) is 33.4 Å². The van der Waals surface area contributed by atoms with Crippen LogP contribution in [0.5, 0.6) is 5.75 Å². The monoisotopic (exact) mass is 325 g/mol. The molecule has 126 valence electrons. The van der Waals surface area contributed by atoms with E-state index in [1.807, 2.05) is 19.9 Å². The van der Waals surface area contributed by atoms with Crippen LogP contribution in [-0.2, 0) is 13.1 Å². The maximum absolute atomic E-state index is 12.3. The number of hydrogen-bond acceptors (Lipinski definition) is 4. The molecule has 0 bridgehead atoms. The zero-order valence-corrected chi connectivity index (χ0v) is 13.2. The summed E-state index contributed by atoms with van der Waals surface area (Å²) in [6, 6.07) is 6.98. The lowest BCUT2D eigenvalue weighted by atomic mass is 10.2. The number of ether oxygens (including phenoxy) is 1. The van der Waals surface area contributed by atoms with Crippen molar-refractivity contribution < 1.29 is 18.6 Å². The number of anilines is 1. The lowest BCUT2D eigenvalue weighted by Crippen LogP contribution is -2.10. The minimum Gasteiger partial charge on any atom is -0.485 e. The summed E-state index contributed by atoms with van der Waals surface area (Å²) in [6.45, 7) is 4.17. The highest BCUT2D eigenvalue weighted by molar-refractivity contribution is 5.56. The van der Waals surface area contributed by atoms with E-state index in [0.29, 0.717) is 24.5 Å². The van der Waals surface area contributed by atoms with Crippen molar-refractivity contribution in [3.63, 3.8) is 0 Å². The Labute approximate surface area is 133 Å². The number of alkyl halides is 2. The van der Waals surface area contributed by atoms with Gasteiger partial charge in [-0.2, -0.15) is 5.10 Å². The van der Waals surface area contributed by atoms with Gasteiger partial charge < -0.3 is 15.2 Å². The lowest BCUT2D eigenvalue weighted by molar-refractivity contribution is 0.0822. The molecule has 0 radical (unpaired) electrons. The van der Waals surface area contributed by atoms with Gasteiger partial charge >= 0.3 is 0 Å². The number of para-hydroxylation sites is 2. The van der Waals surface area contributed by atoms with Gasteiger partial charge in [0.1, 0.15) is 12.4 Å². The predicted octanol–water partition coefficient (Wildman–Crippen LogP) is 2.75. The first-order chi connectivity index (χ1) is 11.0. The summed E-state index contributed by atoms with van der Waals surface area (Å²) in [5, 5.41) is 16.6. The van der Waals surface area contributed by atoms with E-state index in [9.17, 15) is 8.78 Å². The number of aliphatic hydroxyl groups excluding tert-OH is 1. The van der Waals surface area contributed by atoms with Crippen LogP contribution in [-0.4, -0.2) is 34.5 Å². The van der Waals surface area contributed by atoms with Gasteiger partial charge in [0.25, 0.3) is 6.43 Å². The van der Waals surface area contributed by atoms with Gasteiger partial charge in [0.05, 0.1) is 24.5 Å². The standard InChI is InChI=1S/C16H21F2N3O2/c1-11-13(12(2)21(20-11)7-8-22)9-19-14-5-3-4-6-15(14)23-10-16(17)18/h3-6,16,19,22H,7-10H2,1-2H3. The average Bonchev–Trinajstić information content (AvgIpc) is 2.78. The van der Waals surface area contributed by atoms with Crippen LogP contribution in [0.4, 0.5) is 14.5 Å². The van der Waals surface area contributed by atoms with Gasteiger partial charge in [-0.15, -0.1) is 0 Å². The zero-order valence-electron chi connectivity index (χ0n) is 13.2. The van der Waals surface area contributed by atoms with Gasteiger partial charge in [0, 0.05) is 17.8 Å². The first-order valence-electron chi connectivity index (χ1n) is 7.40. The van der Waals surface area contributed by atoms with Gasteiger partial charge in [0.2, 0.25) is 0 Å². The Hall–Kier alpha value is -2.15. The van der Waals surface area contributed by atoms with E-state index in [4.69, 9.17) is 9.84 Å². The van der Waals surface area contributed by atoms with Gasteiger partial charge in [-0.3, -0.25) is 4.68 Å². The summed E-state index contributed by atoms with van der Waals surface area (Å²) in [4.78, 5) is 0. The third-order valence-electron chi connectivity index (χ3n) is 3.55. The van der Waals surface area contributed by atoms with Gasteiger partial charge in [-0.05, 0) is 26.0 Å². The second kappa shape index (κ2) is 7.92. The maximum atomic E-state index is 12.3. The zero-order chi connectivity index (χ0) is 16.8. The molecule has 23 heavy (non-hydrogen) atoms. The Morgan fingerprint density at radius 3 is 2.74 bits per heavy atom. The topological polar surface area (TPSA) is 59.3 Å². The third-order valence-corrected chi connectivity index (χ3v) is 3.55. The number of rotatable bonds is 8. The van der Waals surface area contributed by atoms with E-state index in [0.717, 1.165) is 17.0 Å². The van der Waals surface area contributed by atoms with E-state index >= 15 is 0 Å². The molecule has 7 heteroatoms. The summed E-state index contributed by atoms with van der Waals surface area (Å²) in [7, 11) is 0. The molecule has 0 aliphatic heterocycles. The van der Waals surface area contributed by atoms with Gasteiger partial charge in [0.15, 0.2) is 0 Å². The van der Waals surface area contributed by atoms with Crippen LogP contribution in [0, 0.1) is 13.8 Å². The number of hydrogen-bond donors (Lipinski definition) is 2. The highest BCUT2D eigenvalue weighted by atomic mass is 19.3. The molecule has 0 saturated carbocycles. The Morgan fingerprint density at radius 2 is 2.04 bits per heavy atom. The molecule has 2 rings (SSSR count). The Kier molecular flexibility index (Phi) is 5.92. The minimum atomic E-state index is -2.51. The normalized spacial score (nSPS) is 11.0. The van der Waals surface area contributed by atoms with Crippen LogP contribution in [0.3, 0.4) is 0 Å². The van der Waals surface area contributed by atoms with Crippen molar-refractivity contribution in [3.8, 4) is 5.75 Å². The molecule has 5 nitrogen and oxygen atoms in total. The van der Waals surface area contributed by atoms with Crippen molar-refractivity contribution >= 4 is 5.69 Å². The van der Waals surface area contributed by atoms with E-state index < -0.39 is 13.0 Å². The molecular weight excluding hydrogens is 304 g/mol. The highest BCUT2D eigenvalue weighted by Crippen LogP contribution is 2.25. The van der Waals surface area contributed by atoms with Crippen molar-refractivity contribution in [2.24, 2.45) is 0 Å². The lowest BCUT2D eigenvalue weighted by Gasteiger charge is -2.13. The van der Waals surface area contributed by atoms with Crippen LogP contribution >= 0.6 is 0 Å². The quantitative estimate of drug-likeness (QED) is 0.783. The maximum Gasteiger partial charge on any atom is 0.272 e. The van der Waals surface area contributed by atoms with Crippen molar-refractivity contribution in [2.75, 3.05) is 18.5 Å². The van der Waals surface area contributed by atoms with Crippen LogP contribution in [0.1, 0.15) is 17.0 Å². The van der Waals surface area contributed by atoms with E-state index in [1.165, 1.54) is 0 Å². The number of nitrogens with zero attached hydrogens (tertiary/aromatic N) is 2. The average molecular weight is 325 g/mol. The molecule has 0 aliphatic carbocycles. The second-order valence-corrected chi connectivity index (χ2v) is 5.15. The molecule has 0 aliphatic rings. The summed E-state index contributed by atoms with van der Waals surface area (Å²) in [5.74, 6) is 0.394. The van der Waals surface area contributed by atoms with Crippen LogP contribution in [0.15, 0.2) is 24.3 Å². The highest BCUT2D eigenvalue weighted by Gasteiger charge is 2.12. The molecule has 2 aromatic rings. The molecule has 0 spiro atoms. The van der Waals surface area contributed by atoms with Crippen LogP contribution in [0.2, 0.25) is 0 Å². The number of aryl methyl sites for hydroxylation is 1. The van der Waals surface area contributed by atoms with E-state index in [-0.39, 0.29) is 6.61 Å². The molecular formula is C16H21F2N3O2. The van der Waals surface area contributed by atoms with Crippen LogP contribution < -0.4 is 10.1 Å². The molecule has 0 amide bonds. The fourth-order valence-corrected chi connectivity index (χ4v) is 2.38. The summed E-state index contributed by atoms with van der Waals surface area (Å²) in [5.41, 5.74) is 3.51.